The van der Waals surface area contributed by atoms with Gasteiger partial charge < -0.3 is 5.32 Å². The number of nitrogens with one attached hydrogen (secondary N) is 1. The summed E-state index contributed by atoms with van der Waals surface area (Å²) in [5.41, 5.74) is 12.1. The van der Waals surface area contributed by atoms with Crippen LogP contribution in [0, 0.1) is 5.92 Å². The van der Waals surface area contributed by atoms with Crippen molar-refractivity contribution in [1.82, 2.24) is 5.32 Å². The second-order valence-electron chi connectivity index (χ2n) is 8.26. The minimum atomic E-state index is -0.0488. The molecule has 2 heterocycles. The molecule has 1 nitrogen and oxygen atoms in total. The van der Waals surface area contributed by atoms with Gasteiger partial charge in [-0.15, -0.1) is 0 Å². The molecule has 2 aromatic rings. The molecule has 0 amide bonds. The van der Waals surface area contributed by atoms with Crippen molar-refractivity contribution in [3.05, 3.63) is 100 Å². The Balaban J connectivity index is 1.62. The third-order valence-electron chi connectivity index (χ3n) is 6.83. The summed E-state index contributed by atoms with van der Waals surface area (Å²) in [4.78, 5) is 0. The van der Waals surface area contributed by atoms with Crippen molar-refractivity contribution in [2.24, 2.45) is 5.92 Å². The van der Waals surface area contributed by atoms with Gasteiger partial charge in [0.25, 0.3) is 0 Å². The zero-order chi connectivity index (χ0) is 18.8. The highest BCUT2D eigenvalue weighted by Gasteiger charge is 2.43. The van der Waals surface area contributed by atoms with Crippen LogP contribution >= 0.6 is 0 Å². The maximum Gasteiger partial charge on any atom is 0.140 e. The van der Waals surface area contributed by atoms with Crippen molar-refractivity contribution < 1.29 is 0 Å². The number of rotatable bonds is 2. The summed E-state index contributed by atoms with van der Waals surface area (Å²) in [6.07, 6.45) is 6.73. The highest BCUT2D eigenvalue weighted by molar-refractivity contribution is 6.30. The molecule has 0 radical (unpaired) electrons. The normalized spacial score (nSPS) is 25.6. The van der Waals surface area contributed by atoms with Gasteiger partial charge in [0, 0.05) is 17.2 Å². The van der Waals surface area contributed by atoms with Gasteiger partial charge >= 0.3 is 0 Å². The van der Waals surface area contributed by atoms with Crippen molar-refractivity contribution in [3.8, 4) is 0 Å². The molecular formula is C25H24BN. The van der Waals surface area contributed by atoms with E-state index in [-0.39, 0.29) is 5.54 Å². The Labute approximate surface area is 162 Å². The molecular weight excluding hydrogens is 325 g/mol. The summed E-state index contributed by atoms with van der Waals surface area (Å²) >= 11 is 0. The minimum Gasteiger partial charge on any atom is -0.375 e. The number of allylic oxidation sites excluding steroid dienone is 6. The summed E-state index contributed by atoms with van der Waals surface area (Å²) in [6.45, 7) is 6.98. The van der Waals surface area contributed by atoms with Gasteiger partial charge in [0.15, 0.2) is 0 Å². The van der Waals surface area contributed by atoms with Gasteiger partial charge in [0.1, 0.15) is 7.85 Å². The van der Waals surface area contributed by atoms with Gasteiger partial charge in [0.2, 0.25) is 0 Å². The van der Waals surface area contributed by atoms with E-state index in [1.54, 1.807) is 0 Å². The second-order valence-corrected chi connectivity index (χ2v) is 8.26. The Morgan fingerprint density at radius 2 is 1.59 bits per heavy atom. The number of fused-ring (bicyclic) bond motifs is 5. The van der Waals surface area contributed by atoms with Crippen LogP contribution in [0.2, 0.25) is 0 Å². The second kappa shape index (κ2) is 5.63. The molecule has 27 heavy (non-hydrogen) atoms. The number of benzene rings is 2. The molecule has 2 atom stereocenters. The van der Waals surface area contributed by atoms with E-state index >= 15 is 0 Å². The summed E-state index contributed by atoms with van der Waals surface area (Å²) < 4.78 is 0. The van der Waals surface area contributed by atoms with Gasteiger partial charge in [-0.2, -0.15) is 0 Å². The predicted octanol–water partition coefficient (Wildman–Crippen LogP) is 4.88. The molecule has 5 rings (SSSR count). The van der Waals surface area contributed by atoms with Crippen LogP contribution in [0.3, 0.4) is 0 Å². The molecule has 3 aliphatic rings. The SMILES string of the molecule is BC1=C(c2ccc(C3=C(C)C(C)C4(C)NC(=C3)c3ccccc34)cc2)C=C1. The Kier molecular flexibility index (Phi) is 3.43. The molecule has 1 aliphatic carbocycles. The lowest BCUT2D eigenvalue weighted by molar-refractivity contribution is 0.337. The lowest BCUT2D eigenvalue weighted by Gasteiger charge is -2.34. The van der Waals surface area contributed by atoms with Crippen molar-refractivity contribution in [1.29, 1.82) is 0 Å². The van der Waals surface area contributed by atoms with E-state index in [9.17, 15) is 0 Å². The van der Waals surface area contributed by atoms with E-state index in [1.165, 1.54) is 50.1 Å². The Morgan fingerprint density at radius 3 is 2.22 bits per heavy atom. The molecule has 0 aromatic heterocycles. The molecule has 0 fully saturated rings. The molecule has 2 unspecified atom stereocenters. The van der Waals surface area contributed by atoms with Crippen LogP contribution in [0.15, 0.2) is 77.8 Å². The van der Waals surface area contributed by atoms with E-state index in [0.717, 1.165) is 0 Å². The van der Waals surface area contributed by atoms with E-state index in [4.69, 9.17) is 0 Å². The number of hydrogen-bond acceptors (Lipinski definition) is 1. The summed E-state index contributed by atoms with van der Waals surface area (Å²) in [5.74, 6) is 0.407. The van der Waals surface area contributed by atoms with Gasteiger partial charge in [-0.25, -0.2) is 0 Å². The Bertz CT molecular complexity index is 1080. The molecule has 2 aromatic carbocycles. The van der Waals surface area contributed by atoms with Gasteiger partial charge in [-0.3, -0.25) is 0 Å². The summed E-state index contributed by atoms with van der Waals surface area (Å²) in [5, 5.41) is 3.83. The minimum absolute atomic E-state index is 0.0488. The Morgan fingerprint density at radius 1 is 0.926 bits per heavy atom. The lowest BCUT2D eigenvalue weighted by Crippen LogP contribution is -2.39. The van der Waals surface area contributed by atoms with E-state index in [0.29, 0.717) is 5.92 Å². The van der Waals surface area contributed by atoms with E-state index < -0.39 is 0 Å². The van der Waals surface area contributed by atoms with Gasteiger partial charge in [-0.05, 0) is 47.8 Å². The standard InChI is InChI=1S/C25H24BN/c1-15-16(2)25(3)22-7-5-4-6-20(22)24(27-25)14-21(15)18-10-8-17(9-11-18)19-12-13-23(19)26/h4-14,16,27H,26H2,1-3H3. The highest BCUT2D eigenvalue weighted by atomic mass is 15.0. The van der Waals surface area contributed by atoms with Crippen molar-refractivity contribution in [2.45, 2.75) is 26.3 Å². The van der Waals surface area contributed by atoms with Crippen molar-refractivity contribution in [3.63, 3.8) is 0 Å². The monoisotopic (exact) mass is 349 g/mol. The average molecular weight is 349 g/mol. The van der Waals surface area contributed by atoms with Crippen molar-refractivity contribution in [2.75, 3.05) is 0 Å². The highest BCUT2D eigenvalue weighted by Crippen LogP contribution is 2.48. The molecule has 1 N–H and O–H groups in total. The summed E-state index contributed by atoms with van der Waals surface area (Å²) in [7, 11) is 2.17. The largest absolute Gasteiger partial charge is 0.375 e. The molecule has 0 saturated carbocycles. The first-order chi connectivity index (χ1) is 13.0. The van der Waals surface area contributed by atoms with Crippen LogP contribution in [0.4, 0.5) is 0 Å². The Hall–Kier alpha value is -2.74. The van der Waals surface area contributed by atoms with Crippen LogP contribution in [0.1, 0.15) is 43.0 Å². The van der Waals surface area contributed by atoms with Gasteiger partial charge in [0.05, 0.1) is 5.54 Å². The fourth-order valence-corrected chi connectivity index (χ4v) is 4.76. The topological polar surface area (TPSA) is 12.0 Å². The zero-order valence-corrected chi connectivity index (χ0v) is 16.4. The molecule has 132 valence electrons. The molecule has 0 saturated heterocycles. The first-order valence-electron chi connectivity index (χ1n) is 9.79. The first kappa shape index (κ1) is 16.4. The van der Waals surface area contributed by atoms with E-state index in [1.807, 2.05) is 0 Å². The maximum absolute atomic E-state index is 3.83. The fraction of sp³-hybridized carbons (Fsp3) is 0.200. The average Bonchev–Trinajstić information content (AvgIpc) is 2.92. The van der Waals surface area contributed by atoms with Crippen LogP contribution in [-0.4, -0.2) is 7.85 Å². The maximum atomic E-state index is 3.83. The lowest BCUT2D eigenvalue weighted by atomic mass is 9.75. The zero-order valence-electron chi connectivity index (χ0n) is 16.4. The molecule has 0 spiro atoms. The van der Waals surface area contributed by atoms with E-state index in [2.05, 4.69) is 101 Å². The van der Waals surface area contributed by atoms with Crippen LogP contribution in [-0.2, 0) is 5.54 Å². The molecule has 2 aliphatic heterocycles. The third kappa shape index (κ3) is 2.26. The quantitative estimate of drug-likeness (QED) is 0.762. The van der Waals surface area contributed by atoms with Crippen LogP contribution in [0.25, 0.3) is 16.8 Å². The number of hydrogen-bond donors (Lipinski definition) is 1. The third-order valence-corrected chi connectivity index (χ3v) is 6.83. The predicted molar refractivity (Wildman–Crippen MR) is 118 cm³/mol. The first-order valence-corrected chi connectivity index (χ1v) is 9.79. The molecule has 2 heteroatoms. The fourth-order valence-electron chi connectivity index (χ4n) is 4.76. The smallest absolute Gasteiger partial charge is 0.140 e. The van der Waals surface area contributed by atoms with Crippen molar-refractivity contribution >= 4 is 24.7 Å². The molecule has 2 bridgehead atoms. The van der Waals surface area contributed by atoms with Crippen LogP contribution < -0.4 is 5.32 Å². The van der Waals surface area contributed by atoms with Gasteiger partial charge in [-0.1, -0.05) is 78.7 Å². The summed E-state index contributed by atoms with van der Waals surface area (Å²) in [6, 6.07) is 17.9. The van der Waals surface area contributed by atoms with Crippen LogP contribution in [0.5, 0.6) is 0 Å².